The Bertz CT molecular complexity index is 417. The minimum absolute atomic E-state index is 0.208. The molecule has 0 saturated carbocycles. The summed E-state index contributed by atoms with van der Waals surface area (Å²) in [6.45, 7) is 2.65. The summed E-state index contributed by atoms with van der Waals surface area (Å²) in [5.41, 5.74) is 1.23. The van der Waals surface area contributed by atoms with Gasteiger partial charge < -0.3 is 5.11 Å². The quantitative estimate of drug-likeness (QED) is 0.895. The van der Waals surface area contributed by atoms with Crippen LogP contribution in [0.5, 0.6) is 0 Å². The maximum Gasteiger partial charge on any atom is 0.304 e. The lowest BCUT2D eigenvalue weighted by molar-refractivity contribution is -0.137. The molecule has 94 valence electrons. The highest BCUT2D eigenvalue weighted by Crippen LogP contribution is 2.37. The van der Waals surface area contributed by atoms with E-state index >= 15 is 0 Å². The van der Waals surface area contributed by atoms with Gasteiger partial charge in [-0.15, -0.1) is 11.3 Å². The molecule has 0 bridgehead atoms. The summed E-state index contributed by atoms with van der Waals surface area (Å²) < 4.78 is 0. The van der Waals surface area contributed by atoms with E-state index in [0.29, 0.717) is 12.6 Å². The van der Waals surface area contributed by atoms with Crippen molar-refractivity contribution < 1.29 is 9.90 Å². The van der Waals surface area contributed by atoms with E-state index in [1.165, 1.54) is 10.6 Å². The number of fused-ring (bicyclic) bond motifs is 1. The Kier molecular flexibility index (Phi) is 3.79. The van der Waals surface area contributed by atoms with Gasteiger partial charge in [-0.05, 0) is 33.2 Å². The predicted molar refractivity (Wildman–Crippen MR) is 67.4 cm³/mol. The maximum atomic E-state index is 10.6. The molecule has 1 N–H and O–H groups in total. The first-order valence-corrected chi connectivity index (χ1v) is 6.78. The third-order valence-electron chi connectivity index (χ3n) is 3.24. The van der Waals surface area contributed by atoms with E-state index in [0.717, 1.165) is 24.3 Å². The van der Waals surface area contributed by atoms with Crippen molar-refractivity contribution in [2.45, 2.75) is 38.6 Å². The highest BCUT2D eigenvalue weighted by molar-refractivity contribution is 7.11. The van der Waals surface area contributed by atoms with Crippen LogP contribution in [0.1, 0.15) is 40.9 Å². The highest BCUT2D eigenvalue weighted by atomic mass is 32.1. The lowest BCUT2D eigenvalue weighted by atomic mass is 9.97. The zero-order valence-electron chi connectivity index (χ0n) is 10.3. The Morgan fingerprint density at radius 3 is 3.12 bits per heavy atom. The largest absolute Gasteiger partial charge is 0.481 e. The lowest BCUT2D eigenvalue weighted by Crippen LogP contribution is -2.29. The molecule has 4 nitrogen and oxygen atoms in total. The second kappa shape index (κ2) is 5.14. The number of thiazole rings is 1. The zero-order chi connectivity index (χ0) is 12.4. The maximum absolute atomic E-state index is 10.6. The van der Waals surface area contributed by atoms with Gasteiger partial charge in [-0.25, -0.2) is 4.98 Å². The number of hydrogen-bond acceptors (Lipinski definition) is 4. The fourth-order valence-electron chi connectivity index (χ4n) is 2.37. The Morgan fingerprint density at radius 2 is 2.41 bits per heavy atom. The van der Waals surface area contributed by atoms with Crippen molar-refractivity contribution in [2.75, 3.05) is 13.6 Å². The summed E-state index contributed by atoms with van der Waals surface area (Å²) >= 11 is 1.76. The van der Waals surface area contributed by atoms with Gasteiger partial charge in [0.05, 0.1) is 17.1 Å². The van der Waals surface area contributed by atoms with Gasteiger partial charge in [-0.3, -0.25) is 9.69 Å². The molecule has 1 unspecified atom stereocenters. The first-order chi connectivity index (χ1) is 8.08. The minimum Gasteiger partial charge on any atom is -0.481 e. The topological polar surface area (TPSA) is 53.4 Å². The molecule has 0 spiro atoms. The molecule has 5 heteroatoms. The summed E-state index contributed by atoms with van der Waals surface area (Å²) in [5.74, 6) is -0.728. The average Bonchev–Trinajstić information content (AvgIpc) is 2.65. The van der Waals surface area contributed by atoms with Gasteiger partial charge in [0.2, 0.25) is 0 Å². The number of aromatic nitrogens is 1. The van der Waals surface area contributed by atoms with Gasteiger partial charge in [0.15, 0.2) is 0 Å². The van der Waals surface area contributed by atoms with Crippen molar-refractivity contribution in [3.63, 3.8) is 0 Å². The molecule has 1 aromatic rings. The molecule has 1 aliphatic rings. The van der Waals surface area contributed by atoms with Gasteiger partial charge in [0.1, 0.15) is 0 Å². The number of nitrogens with zero attached hydrogens (tertiary/aromatic N) is 2. The molecule has 1 aromatic heterocycles. The summed E-state index contributed by atoms with van der Waals surface area (Å²) in [7, 11) is 2.01. The number of aryl methyl sites for hydroxylation is 2. The number of carboxylic acids is 1. The average molecular weight is 254 g/mol. The molecule has 0 fully saturated rings. The minimum atomic E-state index is -0.728. The lowest BCUT2D eigenvalue weighted by Gasteiger charge is -2.30. The van der Waals surface area contributed by atoms with Crippen LogP contribution < -0.4 is 0 Å². The first kappa shape index (κ1) is 12.5. The standard InChI is InChI=1S/C12H18N2O2S/c1-8-13-9-4-3-5-10(12(9)17-8)14(2)7-6-11(15)16/h10H,3-7H2,1-2H3,(H,15,16). The van der Waals surface area contributed by atoms with Crippen molar-refractivity contribution in [3.05, 3.63) is 15.6 Å². The molecule has 0 saturated heterocycles. The van der Waals surface area contributed by atoms with E-state index in [4.69, 9.17) is 5.11 Å². The number of carboxylic acid groups (broad SMARTS) is 1. The summed E-state index contributed by atoms with van der Waals surface area (Å²) in [6.07, 6.45) is 3.55. The summed E-state index contributed by atoms with van der Waals surface area (Å²) in [5, 5.41) is 9.84. The van der Waals surface area contributed by atoms with E-state index in [1.54, 1.807) is 11.3 Å². The molecule has 0 amide bonds. The van der Waals surface area contributed by atoms with Crippen molar-refractivity contribution in [1.29, 1.82) is 0 Å². The molecular weight excluding hydrogens is 236 g/mol. The highest BCUT2D eigenvalue weighted by Gasteiger charge is 2.26. The first-order valence-electron chi connectivity index (χ1n) is 5.96. The molecule has 1 atom stereocenters. The molecule has 0 aliphatic heterocycles. The van der Waals surface area contributed by atoms with E-state index in [9.17, 15) is 4.79 Å². The Hall–Kier alpha value is -0.940. The number of hydrogen-bond donors (Lipinski definition) is 1. The van der Waals surface area contributed by atoms with E-state index in [2.05, 4.69) is 9.88 Å². The fourth-order valence-corrected chi connectivity index (χ4v) is 3.54. The smallest absolute Gasteiger partial charge is 0.304 e. The van der Waals surface area contributed by atoms with E-state index in [1.807, 2.05) is 14.0 Å². The van der Waals surface area contributed by atoms with Crippen LogP contribution in [-0.2, 0) is 11.2 Å². The van der Waals surface area contributed by atoms with Crippen LogP contribution in [-0.4, -0.2) is 34.6 Å². The fraction of sp³-hybridized carbons (Fsp3) is 0.667. The van der Waals surface area contributed by atoms with Crippen LogP contribution in [0.4, 0.5) is 0 Å². The Morgan fingerprint density at radius 1 is 1.65 bits per heavy atom. The SMILES string of the molecule is Cc1nc2c(s1)C(N(C)CCC(=O)O)CCC2. The normalized spacial score (nSPS) is 19.4. The molecule has 0 aromatic carbocycles. The molecule has 17 heavy (non-hydrogen) atoms. The van der Waals surface area contributed by atoms with Crippen LogP contribution in [0.25, 0.3) is 0 Å². The van der Waals surface area contributed by atoms with Crippen molar-refractivity contribution in [1.82, 2.24) is 9.88 Å². The summed E-state index contributed by atoms with van der Waals surface area (Å²) in [6, 6.07) is 0.365. The second-order valence-corrected chi connectivity index (χ2v) is 5.81. The Labute approximate surface area is 105 Å². The van der Waals surface area contributed by atoms with Gasteiger partial charge in [-0.2, -0.15) is 0 Å². The van der Waals surface area contributed by atoms with Gasteiger partial charge in [0.25, 0.3) is 0 Å². The van der Waals surface area contributed by atoms with Crippen LogP contribution in [0.2, 0.25) is 0 Å². The Balaban J connectivity index is 2.09. The van der Waals surface area contributed by atoms with Crippen LogP contribution in [0.15, 0.2) is 0 Å². The van der Waals surface area contributed by atoms with Gasteiger partial charge >= 0.3 is 5.97 Å². The number of rotatable bonds is 4. The van der Waals surface area contributed by atoms with E-state index < -0.39 is 5.97 Å². The third-order valence-corrected chi connectivity index (χ3v) is 4.35. The van der Waals surface area contributed by atoms with Crippen molar-refractivity contribution in [2.24, 2.45) is 0 Å². The van der Waals surface area contributed by atoms with Crippen LogP contribution >= 0.6 is 11.3 Å². The second-order valence-electron chi connectivity index (χ2n) is 4.58. The van der Waals surface area contributed by atoms with Crippen molar-refractivity contribution >= 4 is 17.3 Å². The summed E-state index contributed by atoms with van der Waals surface area (Å²) in [4.78, 5) is 18.7. The molecule has 1 aliphatic carbocycles. The molecule has 2 rings (SSSR count). The monoisotopic (exact) mass is 254 g/mol. The predicted octanol–water partition coefficient (Wildman–Crippen LogP) is 2.24. The molecular formula is C12H18N2O2S. The molecule has 0 radical (unpaired) electrons. The van der Waals surface area contributed by atoms with E-state index in [-0.39, 0.29) is 6.42 Å². The zero-order valence-corrected chi connectivity index (χ0v) is 11.1. The van der Waals surface area contributed by atoms with Gasteiger partial charge in [0, 0.05) is 17.5 Å². The van der Waals surface area contributed by atoms with Crippen LogP contribution in [0.3, 0.4) is 0 Å². The van der Waals surface area contributed by atoms with Crippen molar-refractivity contribution in [3.8, 4) is 0 Å². The van der Waals surface area contributed by atoms with Gasteiger partial charge in [-0.1, -0.05) is 0 Å². The molecule has 1 heterocycles. The van der Waals surface area contributed by atoms with Crippen LogP contribution in [0, 0.1) is 6.92 Å². The number of aliphatic carboxylic acids is 1. The number of carbonyl (C=O) groups is 1. The third kappa shape index (κ3) is 2.84.